The number of carbonyl (C=O) groups excluding carboxylic acids is 1. The van der Waals surface area contributed by atoms with Gasteiger partial charge in [-0.1, -0.05) is 38.1 Å². The molecule has 2 fully saturated rings. The topological polar surface area (TPSA) is 89.5 Å². The van der Waals surface area contributed by atoms with Crippen LogP contribution in [0.3, 0.4) is 0 Å². The van der Waals surface area contributed by atoms with Gasteiger partial charge in [0.25, 0.3) is 0 Å². The molecule has 352 valence electrons. The monoisotopic (exact) mass is 907 g/mol. The maximum Gasteiger partial charge on any atom is 0.417 e. The molecule has 3 heterocycles. The third kappa shape index (κ3) is 10.9. The predicted molar refractivity (Wildman–Crippen MR) is 239 cm³/mol. The van der Waals surface area contributed by atoms with Crippen molar-refractivity contribution in [3.8, 4) is 17.5 Å². The van der Waals surface area contributed by atoms with E-state index in [-0.39, 0.29) is 79.8 Å². The molecule has 6 atom stereocenters. The minimum atomic E-state index is -4.86. The number of ether oxygens (including phenoxy) is 4. The molecule has 7 rings (SSSR count). The number of likely N-dealkylation sites (tertiary alicyclic amines) is 2. The van der Waals surface area contributed by atoms with Crippen LogP contribution in [0.2, 0.25) is 0 Å². The van der Waals surface area contributed by atoms with Crippen LogP contribution in [0.15, 0.2) is 54.6 Å². The summed E-state index contributed by atoms with van der Waals surface area (Å²) < 4.78 is 101. The van der Waals surface area contributed by atoms with Crippen molar-refractivity contribution in [2.45, 2.75) is 116 Å². The van der Waals surface area contributed by atoms with Gasteiger partial charge in [-0.2, -0.15) is 23.1 Å². The van der Waals surface area contributed by atoms with Gasteiger partial charge in [0, 0.05) is 50.2 Å². The highest BCUT2D eigenvalue weighted by molar-refractivity contribution is 5.68. The molecule has 1 aromatic heterocycles. The molecule has 2 saturated heterocycles. The number of alkyl halides is 4. The number of piperidine rings is 1. The first kappa shape index (κ1) is 47.8. The molecule has 10 nitrogen and oxygen atoms in total. The van der Waals surface area contributed by atoms with E-state index in [1.54, 1.807) is 48.3 Å². The van der Waals surface area contributed by atoms with Crippen LogP contribution < -0.4 is 19.1 Å². The number of halogens is 5. The molecule has 3 unspecified atom stereocenters. The highest BCUT2D eigenvalue weighted by atomic mass is 19.4. The van der Waals surface area contributed by atoms with E-state index in [0.717, 1.165) is 22.4 Å². The lowest BCUT2D eigenvalue weighted by atomic mass is 9.71. The molecule has 65 heavy (non-hydrogen) atoms. The van der Waals surface area contributed by atoms with Gasteiger partial charge in [0.15, 0.2) is 5.82 Å². The summed E-state index contributed by atoms with van der Waals surface area (Å²) in [4.78, 5) is 28.3. The number of carbonyl (C=O) groups is 1. The van der Waals surface area contributed by atoms with Crippen molar-refractivity contribution in [1.29, 1.82) is 0 Å². The molecule has 4 aromatic rings. The molecule has 0 radical (unpaired) electrons. The van der Waals surface area contributed by atoms with Crippen LogP contribution in [0.4, 0.5) is 32.4 Å². The Kier molecular flexibility index (Phi) is 14.2. The lowest BCUT2D eigenvalue weighted by Gasteiger charge is -2.40. The van der Waals surface area contributed by atoms with Crippen LogP contribution in [0.5, 0.6) is 17.5 Å². The van der Waals surface area contributed by atoms with Gasteiger partial charge in [-0.15, -0.1) is 0 Å². The van der Waals surface area contributed by atoms with Crippen molar-refractivity contribution in [1.82, 2.24) is 19.8 Å². The summed E-state index contributed by atoms with van der Waals surface area (Å²) in [6, 6.07) is 15.8. The first-order chi connectivity index (χ1) is 30.7. The second-order valence-corrected chi connectivity index (χ2v) is 19.2. The molecular weight excluding hydrogens is 846 g/mol. The Bertz CT molecular complexity index is 2250. The number of hydrogen-bond acceptors (Lipinski definition) is 9. The Morgan fingerprint density at radius 2 is 1.49 bits per heavy atom. The number of amides is 1. The largest absolute Gasteiger partial charge is 0.497 e. The maximum atomic E-state index is 17.8. The lowest BCUT2D eigenvalue weighted by molar-refractivity contribution is -0.139. The molecule has 15 heteroatoms. The Hall–Kier alpha value is -5.18. The number of anilines is 1. The minimum absolute atomic E-state index is 0.00323. The molecule has 0 spiro atoms. The molecule has 3 aliphatic rings. The van der Waals surface area contributed by atoms with Gasteiger partial charge in [-0.25, -0.2) is 13.6 Å². The van der Waals surface area contributed by atoms with Gasteiger partial charge >= 0.3 is 18.3 Å². The Labute approximate surface area is 379 Å². The van der Waals surface area contributed by atoms with Crippen LogP contribution in [0.1, 0.15) is 104 Å². The summed E-state index contributed by atoms with van der Waals surface area (Å²) in [5.74, 6) is -1.23. The summed E-state index contributed by atoms with van der Waals surface area (Å²) in [5, 5.41) is 0. The molecule has 2 aliphatic heterocycles. The molecule has 0 bridgehead atoms. The van der Waals surface area contributed by atoms with Gasteiger partial charge in [-0.05, 0) is 131 Å². The van der Waals surface area contributed by atoms with Crippen molar-refractivity contribution < 1.29 is 45.7 Å². The van der Waals surface area contributed by atoms with E-state index in [2.05, 4.69) is 0 Å². The molecule has 1 amide bonds. The van der Waals surface area contributed by atoms with Crippen LogP contribution in [0, 0.1) is 24.6 Å². The number of aryl methyl sites for hydroxylation is 1. The van der Waals surface area contributed by atoms with E-state index in [1.807, 2.05) is 70.8 Å². The fourth-order valence-corrected chi connectivity index (χ4v) is 9.85. The first-order valence-electron chi connectivity index (χ1n) is 22.5. The van der Waals surface area contributed by atoms with E-state index >= 15 is 17.6 Å². The molecule has 0 saturated carbocycles. The van der Waals surface area contributed by atoms with E-state index in [9.17, 15) is 9.18 Å². The highest BCUT2D eigenvalue weighted by Crippen LogP contribution is 2.49. The zero-order valence-corrected chi connectivity index (χ0v) is 38.9. The fourth-order valence-electron chi connectivity index (χ4n) is 9.85. The Morgan fingerprint density at radius 3 is 2.02 bits per heavy atom. The third-order valence-electron chi connectivity index (χ3n) is 13.2. The number of rotatable bonds is 12. The second-order valence-electron chi connectivity index (χ2n) is 19.2. The van der Waals surface area contributed by atoms with E-state index in [1.165, 1.54) is 13.0 Å². The van der Waals surface area contributed by atoms with E-state index in [0.29, 0.717) is 43.1 Å². The van der Waals surface area contributed by atoms with Gasteiger partial charge in [0.1, 0.15) is 29.9 Å². The summed E-state index contributed by atoms with van der Waals surface area (Å²) in [5.41, 5.74) is 1.61. The quantitative estimate of drug-likeness (QED) is 0.129. The number of benzene rings is 3. The van der Waals surface area contributed by atoms with Crippen molar-refractivity contribution in [2.24, 2.45) is 11.8 Å². The first-order valence-corrected chi connectivity index (χ1v) is 22.5. The highest BCUT2D eigenvalue weighted by Gasteiger charge is 2.44. The summed E-state index contributed by atoms with van der Waals surface area (Å²) in [6.07, 6.45) is -5.10. The zero-order chi connectivity index (χ0) is 47.0. The number of fused-ring (bicyclic) bond motifs is 1. The zero-order valence-electron chi connectivity index (χ0n) is 38.9. The lowest BCUT2D eigenvalue weighted by Crippen LogP contribution is -2.45. The number of methoxy groups -OCH3 is 2. The number of likely N-dealkylation sites (N-methyl/N-ethyl adjacent to an activating group) is 1. The third-order valence-corrected chi connectivity index (χ3v) is 13.2. The summed E-state index contributed by atoms with van der Waals surface area (Å²) in [7, 11) is 4.96. The number of aromatic nitrogens is 2. The average Bonchev–Trinajstić information content (AvgIpc) is 3.58. The SMILES string of the molecule is COc1ccc(CN(Cc2ccc(OC)cc2)c2cc(C)c(C(F)(F)F)c(C3Cc4nc(OC[C@@H]5C[C@@H](F)CN5C)nc(C5CCN(C(=O)OC(C)(C)C)C[C@@H]5C)c4CC3C)c2F)cc1. The summed E-state index contributed by atoms with van der Waals surface area (Å²) >= 11 is 0. The molecular formula is C50H62F5N5O5. The number of nitrogens with zero attached hydrogens (tertiary/aromatic N) is 5. The Morgan fingerprint density at radius 1 is 0.877 bits per heavy atom. The van der Waals surface area contributed by atoms with E-state index < -0.39 is 47.3 Å². The minimum Gasteiger partial charge on any atom is -0.497 e. The number of hydrogen-bond donors (Lipinski definition) is 0. The maximum absolute atomic E-state index is 17.8. The van der Waals surface area contributed by atoms with Crippen molar-refractivity contribution in [3.63, 3.8) is 0 Å². The smallest absolute Gasteiger partial charge is 0.417 e. The van der Waals surface area contributed by atoms with Crippen LogP contribution in [-0.2, 0) is 36.8 Å². The van der Waals surface area contributed by atoms with Crippen molar-refractivity contribution in [2.75, 3.05) is 52.4 Å². The standard InChI is InChI=1S/C50H62F5N5O5/c1-29-20-40-41(56-47(64-28-35-22-34(51)27-58(35)7)57-46(40)38-18-19-59(24-31(38)3)48(61)65-49(4,5)6)23-39(29)43-44(50(53,54)55)30(2)21-42(45(43)52)60(25-32-10-14-36(62-8)15-11-32)26-33-12-16-37(63-9)17-13-33/h10-17,21,29,31,34-35,38-39H,18-20,22-28H2,1-9H3/t29?,31-,34+,35-,38?,39?/m0/s1. The van der Waals surface area contributed by atoms with Crippen molar-refractivity contribution in [3.05, 3.63) is 105 Å². The fraction of sp³-hybridized carbons (Fsp3) is 0.540. The van der Waals surface area contributed by atoms with E-state index in [4.69, 9.17) is 28.9 Å². The van der Waals surface area contributed by atoms with Crippen LogP contribution in [-0.4, -0.2) is 91.2 Å². The summed E-state index contributed by atoms with van der Waals surface area (Å²) in [6.45, 7) is 12.4. The van der Waals surface area contributed by atoms with Crippen LogP contribution in [0.25, 0.3) is 0 Å². The molecule has 1 aliphatic carbocycles. The van der Waals surface area contributed by atoms with Gasteiger partial charge in [0.2, 0.25) is 0 Å². The molecule has 0 N–H and O–H groups in total. The van der Waals surface area contributed by atoms with Gasteiger partial charge < -0.3 is 28.7 Å². The van der Waals surface area contributed by atoms with Crippen molar-refractivity contribution >= 4 is 11.8 Å². The second kappa shape index (κ2) is 19.3. The molecule has 3 aromatic carbocycles. The van der Waals surface area contributed by atoms with Crippen LogP contribution >= 0.6 is 0 Å². The normalized spacial score (nSPS) is 22.6. The predicted octanol–water partition coefficient (Wildman–Crippen LogP) is 10.5. The van der Waals surface area contributed by atoms with Gasteiger partial charge in [-0.3, -0.25) is 4.90 Å². The Balaban J connectivity index is 1.30. The average molecular weight is 908 g/mol. The van der Waals surface area contributed by atoms with Gasteiger partial charge in [0.05, 0.1) is 36.9 Å².